The van der Waals surface area contributed by atoms with Crippen molar-refractivity contribution in [3.05, 3.63) is 70.7 Å². The number of aromatic nitrogens is 1. The van der Waals surface area contributed by atoms with Gasteiger partial charge in [-0.2, -0.15) is 0 Å². The fourth-order valence-corrected chi connectivity index (χ4v) is 3.32. The van der Waals surface area contributed by atoms with E-state index in [1.807, 2.05) is 18.2 Å². The van der Waals surface area contributed by atoms with Crippen LogP contribution in [-0.2, 0) is 6.42 Å². The fraction of sp³-hybridized carbons (Fsp3) is 0.158. The summed E-state index contributed by atoms with van der Waals surface area (Å²) in [6, 6.07) is 15.3. The molecule has 1 heterocycles. The summed E-state index contributed by atoms with van der Waals surface area (Å²) in [6.07, 6.45) is 2.58. The molecule has 1 aromatic heterocycles. The van der Waals surface area contributed by atoms with Crippen molar-refractivity contribution < 1.29 is 14.3 Å². The Balaban J connectivity index is 1.74. The molecule has 6 heteroatoms. The number of nitrogens with one attached hydrogen (secondary N) is 1. The molecule has 0 fully saturated rings. The minimum absolute atomic E-state index is 0.281. The number of ether oxygens (including phenoxy) is 2. The summed E-state index contributed by atoms with van der Waals surface area (Å²) in [5, 5.41) is 3.38. The van der Waals surface area contributed by atoms with E-state index in [-0.39, 0.29) is 5.91 Å². The van der Waals surface area contributed by atoms with Crippen LogP contribution in [0.1, 0.15) is 20.8 Å². The van der Waals surface area contributed by atoms with E-state index in [1.165, 1.54) is 31.1 Å². The van der Waals surface area contributed by atoms with Crippen LogP contribution in [0.2, 0.25) is 0 Å². The number of nitrogens with zero attached hydrogens (tertiary/aromatic N) is 1. The van der Waals surface area contributed by atoms with Crippen molar-refractivity contribution in [1.29, 1.82) is 0 Å². The van der Waals surface area contributed by atoms with Crippen molar-refractivity contribution >= 4 is 22.4 Å². The zero-order valence-electron chi connectivity index (χ0n) is 14.0. The maximum absolute atomic E-state index is 12.5. The normalized spacial score (nSPS) is 10.3. The van der Waals surface area contributed by atoms with Gasteiger partial charge in [-0.25, -0.2) is 4.98 Å². The van der Waals surface area contributed by atoms with E-state index in [4.69, 9.17) is 9.47 Å². The maximum atomic E-state index is 12.5. The van der Waals surface area contributed by atoms with Gasteiger partial charge in [-0.1, -0.05) is 36.4 Å². The average molecular weight is 354 g/mol. The number of hydrogen-bond donors (Lipinski definition) is 1. The standard InChI is InChI=1S/C19H18N2O3S/c1-23-16-10-6-9-15(17(16)24-2)18(22)21-19-20-12-14(25-19)11-13-7-4-3-5-8-13/h3-10,12H,11H2,1-2H3,(H,20,21,22). The van der Waals surface area contributed by atoms with Gasteiger partial charge in [0.25, 0.3) is 5.91 Å². The van der Waals surface area contributed by atoms with Gasteiger partial charge in [-0.15, -0.1) is 11.3 Å². The number of carbonyl (C=O) groups is 1. The molecule has 0 saturated carbocycles. The summed E-state index contributed by atoms with van der Waals surface area (Å²) in [6.45, 7) is 0. The first kappa shape index (κ1) is 17.0. The number of anilines is 1. The van der Waals surface area contributed by atoms with Gasteiger partial charge in [-0.3, -0.25) is 10.1 Å². The van der Waals surface area contributed by atoms with Gasteiger partial charge < -0.3 is 9.47 Å². The SMILES string of the molecule is COc1cccc(C(=O)Nc2ncc(Cc3ccccc3)s2)c1OC. The number of para-hydroxylation sites is 1. The first-order valence-corrected chi connectivity index (χ1v) is 8.54. The predicted octanol–water partition coefficient (Wildman–Crippen LogP) is 4.00. The molecule has 25 heavy (non-hydrogen) atoms. The van der Waals surface area contributed by atoms with Crippen LogP contribution in [0.3, 0.4) is 0 Å². The van der Waals surface area contributed by atoms with Crippen LogP contribution in [0.4, 0.5) is 5.13 Å². The number of thiazole rings is 1. The molecule has 0 radical (unpaired) electrons. The summed E-state index contributed by atoms with van der Waals surface area (Å²) < 4.78 is 10.5. The van der Waals surface area contributed by atoms with Crippen molar-refractivity contribution in [3.8, 4) is 11.5 Å². The van der Waals surface area contributed by atoms with Crippen molar-refractivity contribution in [2.24, 2.45) is 0 Å². The lowest BCUT2D eigenvalue weighted by molar-refractivity contribution is 0.102. The average Bonchev–Trinajstić information content (AvgIpc) is 3.08. The molecule has 1 N–H and O–H groups in total. The zero-order chi connectivity index (χ0) is 17.6. The molecule has 0 aliphatic carbocycles. The number of rotatable bonds is 6. The molecule has 0 aliphatic heterocycles. The van der Waals surface area contributed by atoms with Crippen molar-refractivity contribution in [2.45, 2.75) is 6.42 Å². The third kappa shape index (κ3) is 3.97. The highest BCUT2D eigenvalue weighted by Crippen LogP contribution is 2.31. The Morgan fingerprint density at radius 1 is 1.08 bits per heavy atom. The highest BCUT2D eigenvalue weighted by Gasteiger charge is 2.17. The predicted molar refractivity (Wildman–Crippen MR) is 98.9 cm³/mol. The molecule has 1 amide bonds. The molecule has 3 aromatic rings. The summed E-state index contributed by atoms with van der Waals surface area (Å²) in [5.74, 6) is 0.638. The van der Waals surface area contributed by atoms with Gasteiger partial charge in [-0.05, 0) is 17.7 Å². The van der Waals surface area contributed by atoms with Crippen LogP contribution in [-0.4, -0.2) is 25.1 Å². The Morgan fingerprint density at radius 3 is 2.60 bits per heavy atom. The monoisotopic (exact) mass is 354 g/mol. The number of carbonyl (C=O) groups excluding carboxylic acids is 1. The minimum Gasteiger partial charge on any atom is -0.493 e. The molecule has 2 aromatic carbocycles. The van der Waals surface area contributed by atoms with Gasteiger partial charge >= 0.3 is 0 Å². The van der Waals surface area contributed by atoms with E-state index >= 15 is 0 Å². The van der Waals surface area contributed by atoms with Crippen LogP contribution in [0.5, 0.6) is 11.5 Å². The van der Waals surface area contributed by atoms with E-state index < -0.39 is 0 Å². The number of benzene rings is 2. The topological polar surface area (TPSA) is 60.5 Å². The quantitative estimate of drug-likeness (QED) is 0.727. The maximum Gasteiger partial charge on any atom is 0.261 e. The first-order valence-electron chi connectivity index (χ1n) is 7.72. The summed E-state index contributed by atoms with van der Waals surface area (Å²) in [4.78, 5) is 17.9. The van der Waals surface area contributed by atoms with Crippen LogP contribution in [0, 0.1) is 0 Å². The van der Waals surface area contributed by atoms with E-state index in [2.05, 4.69) is 22.4 Å². The van der Waals surface area contributed by atoms with Crippen molar-refractivity contribution in [3.63, 3.8) is 0 Å². The molecule has 0 atom stereocenters. The van der Waals surface area contributed by atoms with Gasteiger partial charge in [0.2, 0.25) is 0 Å². The minimum atomic E-state index is -0.281. The van der Waals surface area contributed by atoms with E-state index in [9.17, 15) is 4.79 Å². The molecule has 0 spiro atoms. The Morgan fingerprint density at radius 2 is 1.88 bits per heavy atom. The Kier molecular flexibility index (Phi) is 5.30. The Bertz CT molecular complexity index is 862. The number of methoxy groups -OCH3 is 2. The molecule has 0 aliphatic rings. The summed E-state index contributed by atoms with van der Waals surface area (Å²) in [7, 11) is 3.05. The third-order valence-corrected chi connectivity index (χ3v) is 4.56. The lowest BCUT2D eigenvalue weighted by Crippen LogP contribution is -2.13. The molecule has 128 valence electrons. The highest BCUT2D eigenvalue weighted by atomic mass is 32.1. The lowest BCUT2D eigenvalue weighted by atomic mass is 10.1. The first-order chi connectivity index (χ1) is 12.2. The Labute approximate surface area is 150 Å². The van der Waals surface area contributed by atoms with Gasteiger partial charge in [0.05, 0.1) is 19.8 Å². The Hall–Kier alpha value is -2.86. The van der Waals surface area contributed by atoms with Gasteiger partial charge in [0.1, 0.15) is 0 Å². The van der Waals surface area contributed by atoms with Crippen molar-refractivity contribution in [1.82, 2.24) is 4.98 Å². The number of amides is 1. The second kappa shape index (κ2) is 7.81. The fourth-order valence-electron chi connectivity index (χ4n) is 2.47. The lowest BCUT2D eigenvalue weighted by Gasteiger charge is -2.11. The molecule has 3 rings (SSSR count). The molecule has 5 nitrogen and oxygen atoms in total. The molecule has 0 saturated heterocycles. The van der Waals surface area contributed by atoms with Crippen molar-refractivity contribution in [2.75, 3.05) is 19.5 Å². The summed E-state index contributed by atoms with van der Waals surface area (Å²) >= 11 is 1.46. The van der Waals surface area contributed by atoms with Crippen LogP contribution in [0.25, 0.3) is 0 Å². The summed E-state index contributed by atoms with van der Waals surface area (Å²) in [5.41, 5.74) is 1.61. The molecule has 0 bridgehead atoms. The molecule has 0 unspecified atom stereocenters. The second-order valence-corrected chi connectivity index (χ2v) is 6.40. The largest absolute Gasteiger partial charge is 0.493 e. The van der Waals surface area contributed by atoms with Gasteiger partial charge in [0, 0.05) is 17.5 Å². The van der Waals surface area contributed by atoms with E-state index in [1.54, 1.807) is 24.4 Å². The van der Waals surface area contributed by atoms with E-state index in [0.29, 0.717) is 22.2 Å². The second-order valence-electron chi connectivity index (χ2n) is 5.29. The van der Waals surface area contributed by atoms with Gasteiger partial charge in [0.15, 0.2) is 16.6 Å². The third-order valence-electron chi connectivity index (χ3n) is 3.64. The van der Waals surface area contributed by atoms with Crippen LogP contribution in [0.15, 0.2) is 54.7 Å². The zero-order valence-corrected chi connectivity index (χ0v) is 14.8. The molecular weight excluding hydrogens is 336 g/mol. The smallest absolute Gasteiger partial charge is 0.261 e. The van der Waals surface area contributed by atoms with E-state index in [0.717, 1.165) is 11.3 Å². The number of hydrogen-bond acceptors (Lipinski definition) is 5. The van der Waals surface area contributed by atoms with Crippen LogP contribution < -0.4 is 14.8 Å². The van der Waals surface area contributed by atoms with Crippen LogP contribution >= 0.6 is 11.3 Å². The highest BCUT2D eigenvalue weighted by molar-refractivity contribution is 7.15. The molecular formula is C19H18N2O3S.